The van der Waals surface area contributed by atoms with Crippen molar-refractivity contribution in [1.82, 2.24) is 9.78 Å². The average Bonchev–Trinajstić information content (AvgIpc) is 2.79. The molecule has 19 heavy (non-hydrogen) atoms. The molecule has 3 nitrogen and oxygen atoms in total. The van der Waals surface area contributed by atoms with Crippen molar-refractivity contribution < 1.29 is 5.11 Å². The molecular formula is C15H25BrN2O. The molecule has 1 aliphatic rings. The van der Waals surface area contributed by atoms with Gasteiger partial charge in [-0.1, -0.05) is 39.0 Å². The van der Waals surface area contributed by atoms with E-state index in [1.54, 1.807) is 6.20 Å². The lowest BCUT2D eigenvalue weighted by atomic mass is 9.85. The van der Waals surface area contributed by atoms with Gasteiger partial charge >= 0.3 is 0 Å². The van der Waals surface area contributed by atoms with Crippen molar-refractivity contribution in [2.45, 2.75) is 70.9 Å². The van der Waals surface area contributed by atoms with Crippen LogP contribution in [0.15, 0.2) is 10.7 Å². The highest BCUT2D eigenvalue weighted by molar-refractivity contribution is 9.10. The fourth-order valence-corrected chi connectivity index (χ4v) is 3.66. The van der Waals surface area contributed by atoms with Crippen molar-refractivity contribution in [3.63, 3.8) is 0 Å². The highest BCUT2D eigenvalue weighted by Gasteiger charge is 2.20. The summed E-state index contributed by atoms with van der Waals surface area (Å²) < 4.78 is 2.88. The molecule has 1 saturated carbocycles. The van der Waals surface area contributed by atoms with Gasteiger partial charge in [0.05, 0.1) is 22.5 Å². The molecule has 0 aromatic carbocycles. The third-order valence-corrected chi connectivity index (χ3v) is 4.77. The highest BCUT2D eigenvalue weighted by atomic mass is 79.9. The van der Waals surface area contributed by atoms with Gasteiger partial charge in [-0.05, 0) is 41.1 Å². The van der Waals surface area contributed by atoms with Gasteiger partial charge in [-0.25, -0.2) is 0 Å². The van der Waals surface area contributed by atoms with E-state index in [4.69, 9.17) is 0 Å². The summed E-state index contributed by atoms with van der Waals surface area (Å²) in [6, 6.07) is 0. The largest absolute Gasteiger partial charge is 0.387 e. The Morgan fingerprint density at radius 1 is 1.42 bits per heavy atom. The summed E-state index contributed by atoms with van der Waals surface area (Å²) in [7, 11) is 0. The zero-order valence-electron chi connectivity index (χ0n) is 11.8. The first-order valence-electron chi connectivity index (χ1n) is 7.61. The number of aromatic nitrogens is 2. The molecule has 2 rings (SSSR count). The summed E-state index contributed by atoms with van der Waals surface area (Å²) in [5, 5.41) is 14.8. The standard InChI is InChI=1S/C15H25BrN2O/c1-2-10-18-15(13(16)11-17-18)14(19)9-8-12-6-4-3-5-7-12/h11-12,14,19H,2-10H2,1H3. The van der Waals surface area contributed by atoms with Gasteiger partial charge in [0.25, 0.3) is 0 Å². The predicted octanol–water partition coefficient (Wildman–Crippen LogP) is 4.45. The third-order valence-electron chi connectivity index (χ3n) is 4.16. The number of aryl methyl sites for hydroxylation is 1. The molecule has 108 valence electrons. The molecular weight excluding hydrogens is 304 g/mol. The molecule has 0 amide bonds. The molecule has 1 fully saturated rings. The zero-order chi connectivity index (χ0) is 13.7. The Labute approximate surface area is 124 Å². The minimum Gasteiger partial charge on any atom is -0.387 e. The van der Waals surface area contributed by atoms with Crippen molar-refractivity contribution in [2.24, 2.45) is 5.92 Å². The molecule has 1 unspecified atom stereocenters. The summed E-state index contributed by atoms with van der Waals surface area (Å²) in [5.74, 6) is 0.824. The molecule has 1 heterocycles. The summed E-state index contributed by atoms with van der Waals surface area (Å²) >= 11 is 3.51. The molecule has 1 aromatic heterocycles. The lowest BCUT2D eigenvalue weighted by Gasteiger charge is -2.23. The number of aliphatic hydroxyl groups is 1. The third kappa shape index (κ3) is 4.06. The fourth-order valence-electron chi connectivity index (χ4n) is 3.10. The Bertz CT molecular complexity index is 385. The lowest BCUT2D eigenvalue weighted by Crippen LogP contribution is -2.12. The van der Waals surface area contributed by atoms with E-state index in [9.17, 15) is 5.11 Å². The molecule has 0 aliphatic heterocycles. The van der Waals surface area contributed by atoms with Gasteiger partial charge in [-0.3, -0.25) is 4.68 Å². The topological polar surface area (TPSA) is 38.0 Å². The highest BCUT2D eigenvalue weighted by Crippen LogP contribution is 2.32. The van der Waals surface area contributed by atoms with Gasteiger partial charge < -0.3 is 5.11 Å². The maximum absolute atomic E-state index is 10.4. The van der Waals surface area contributed by atoms with Crippen LogP contribution in [0.3, 0.4) is 0 Å². The van der Waals surface area contributed by atoms with Gasteiger partial charge in [0.2, 0.25) is 0 Å². The molecule has 0 spiro atoms. The van der Waals surface area contributed by atoms with Gasteiger partial charge in [0.15, 0.2) is 0 Å². The second-order valence-corrected chi connectivity index (χ2v) is 6.55. The zero-order valence-corrected chi connectivity index (χ0v) is 13.4. The van der Waals surface area contributed by atoms with E-state index in [2.05, 4.69) is 28.0 Å². The summed E-state index contributed by atoms with van der Waals surface area (Å²) in [4.78, 5) is 0. The van der Waals surface area contributed by atoms with E-state index in [0.717, 1.165) is 41.9 Å². The van der Waals surface area contributed by atoms with Crippen LogP contribution in [-0.2, 0) is 6.54 Å². The van der Waals surface area contributed by atoms with Crippen molar-refractivity contribution in [3.8, 4) is 0 Å². The SMILES string of the molecule is CCCn1ncc(Br)c1C(O)CCC1CCCCC1. The van der Waals surface area contributed by atoms with Crippen molar-refractivity contribution >= 4 is 15.9 Å². The molecule has 1 aromatic rings. The van der Waals surface area contributed by atoms with Crippen molar-refractivity contribution in [2.75, 3.05) is 0 Å². The number of hydrogen-bond acceptors (Lipinski definition) is 2. The van der Waals surface area contributed by atoms with Crippen LogP contribution in [-0.4, -0.2) is 14.9 Å². The first-order chi connectivity index (χ1) is 9.22. The van der Waals surface area contributed by atoms with E-state index in [-0.39, 0.29) is 6.10 Å². The molecule has 0 saturated heterocycles. The molecule has 4 heteroatoms. The maximum atomic E-state index is 10.4. The number of aliphatic hydroxyl groups excluding tert-OH is 1. The van der Waals surface area contributed by atoms with E-state index in [1.165, 1.54) is 32.1 Å². The Kier molecular flexibility index (Phi) is 5.89. The van der Waals surface area contributed by atoms with Gasteiger partial charge in [-0.2, -0.15) is 5.10 Å². The van der Waals surface area contributed by atoms with Gasteiger partial charge in [0.1, 0.15) is 0 Å². The van der Waals surface area contributed by atoms with Crippen LogP contribution in [0.2, 0.25) is 0 Å². The molecule has 0 bridgehead atoms. The number of hydrogen-bond donors (Lipinski definition) is 1. The summed E-state index contributed by atoms with van der Waals surface area (Å²) in [5.41, 5.74) is 0.956. The van der Waals surface area contributed by atoms with Crippen LogP contribution in [0.25, 0.3) is 0 Å². The fraction of sp³-hybridized carbons (Fsp3) is 0.800. The van der Waals surface area contributed by atoms with Gasteiger partial charge in [0, 0.05) is 6.54 Å². The van der Waals surface area contributed by atoms with Crippen LogP contribution >= 0.6 is 15.9 Å². The predicted molar refractivity (Wildman–Crippen MR) is 81.0 cm³/mol. The smallest absolute Gasteiger partial charge is 0.0968 e. The van der Waals surface area contributed by atoms with Crippen molar-refractivity contribution in [3.05, 3.63) is 16.4 Å². The number of rotatable bonds is 6. The van der Waals surface area contributed by atoms with Gasteiger partial charge in [-0.15, -0.1) is 0 Å². The molecule has 0 radical (unpaired) electrons. The van der Waals surface area contributed by atoms with Crippen LogP contribution in [0.5, 0.6) is 0 Å². The first kappa shape index (κ1) is 15.0. The van der Waals surface area contributed by atoms with E-state index < -0.39 is 0 Å². The summed E-state index contributed by atoms with van der Waals surface area (Å²) in [6.45, 7) is 3.01. The van der Waals surface area contributed by atoms with Crippen LogP contribution < -0.4 is 0 Å². The van der Waals surface area contributed by atoms with E-state index >= 15 is 0 Å². The van der Waals surface area contributed by atoms with Crippen LogP contribution in [0.1, 0.15) is 70.1 Å². The van der Waals surface area contributed by atoms with Crippen LogP contribution in [0.4, 0.5) is 0 Å². The average molecular weight is 329 g/mol. The minimum absolute atomic E-state index is 0.384. The summed E-state index contributed by atoms with van der Waals surface area (Å²) in [6.07, 6.45) is 11.3. The monoisotopic (exact) mass is 328 g/mol. The molecule has 1 N–H and O–H groups in total. The molecule has 1 atom stereocenters. The Hall–Kier alpha value is -0.350. The number of nitrogens with zero attached hydrogens (tertiary/aromatic N) is 2. The second-order valence-electron chi connectivity index (χ2n) is 5.70. The second kappa shape index (κ2) is 7.44. The van der Waals surface area contributed by atoms with Crippen molar-refractivity contribution in [1.29, 1.82) is 0 Å². The van der Waals surface area contributed by atoms with E-state index in [0.29, 0.717) is 0 Å². The molecule has 1 aliphatic carbocycles. The Balaban J connectivity index is 1.91. The number of halogens is 1. The minimum atomic E-state index is -0.384. The maximum Gasteiger partial charge on any atom is 0.0968 e. The normalized spacial score (nSPS) is 18.7. The first-order valence-corrected chi connectivity index (χ1v) is 8.41. The lowest BCUT2D eigenvalue weighted by molar-refractivity contribution is 0.140. The van der Waals surface area contributed by atoms with E-state index in [1.807, 2.05) is 4.68 Å². The van der Waals surface area contributed by atoms with Crippen LogP contribution in [0, 0.1) is 5.92 Å². The Morgan fingerprint density at radius 2 is 2.16 bits per heavy atom. The quantitative estimate of drug-likeness (QED) is 0.837. The Morgan fingerprint density at radius 3 is 2.84 bits per heavy atom.